The second-order valence-corrected chi connectivity index (χ2v) is 3.10. The van der Waals surface area contributed by atoms with E-state index in [0.717, 1.165) is 0 Å². The maximum absolute atomic E-state index is 4.82. The molecular formula is C6H11N3OS. The number of hydrogen-bond acceptors (Lipinski definition) is 5. The third kappa shape index (κ3) is 1.72. The fourth-order valence-corrected chi connectivity index (χ4v) is 0.703. The number of nitrogens with zero attached hydrogens (tertiary/aromatic N) is 2. The van der Waals surface area contributed by atoms with E-state index >= 15 is 0 Å². The zero-order valence-corrected chi connectivity index (χ0v) is 7.64. The minimum Gasteiger partial charge on any atom is -0.340 e. The van der Waals surface area contributed by atoms with Crippen molar-refractivity contribution in [2.45, 2.75) is 26.3 Å². The summed E-state index contributed by atoms with van der Waals surface area (Å²) in [5, 5.41) is 3.76. The van der Waals surface area contributed by atoms with Gasteiger partial charge in [-0.15, -0.1) is 0 Å². The van der Waals surface area contributed by atoms with Gasteiger partial charge in [0.05, 0.1) is 5.54 Å². The van der Waals surface area contributed by atoms with Crippen LogP contribution in [0.3, 0.4) is 0 Å². The zero-order valence-electron chi connectivity index (χ0n) is 6.75. The summed E-state index contributed by atoms with van der Waals surface area (Å²) in [6.07, 6.45) is 0. The lowest BCUT2D eigenvalue weighted by Crippen LogP contribution is -2.30. The van der Waals surface area contributed by atoms with Gasteiger partial charge >= 0.3 is 0 Å². The Morgan fingerprint density at radius 2 is 2.18 bits per heavy atom. The van der Waals surface area contributed by atoms with Gasteiger partial charge in [0, 0.05) is 6.92 Å². The molecule has 4 nitrogen and oxygen atoms in total. The van der Waals surface area contributed by atoms with Crippen LogP contribution in [-0.2, 0) is 5.54 Å². The van der Waals surface area contributed by atoms with E-state index in [0.29, 0.717) is 11.7 Å². The van der Waals surface area contributed by atoms with Gasteiger partial charge in [-0.3, -0.25) is 4.72 Å². The van der Waals surface area contributed by atoms with Gasteiger partial charge in [-0.1, -0.05) is 18.0 Å². The Bertz CT molecular complexity index is 246. The van der Waals surface area contributed by atoms with E-state index < -0.39 is 0 Å². The Labute approximate surface area is 70.9 Å². The van der Waals surface area contributed by atoms with Crippen LogP contribution in [-0.4, -0.2) is 10.1 Å². The van der Waals surface area contributed by atoms with Crippen molar-refractivity contribution in [3.63, 3.8) is 0 Å². The smallest absolute Gasteiger partial charge is 0.223 e. The molecule has 0 bridgehead atoms. The van der Waals surface area contributed by atoms with Crippen molar-refractivity contribution in [2.24, 2.45) is 0 Å². The summed E-state index contributed by atoms with van der Waals surface area (Å²) >= 11 is 3.95. The SMILES string of the molecule is Cc1nc(C(C)(C)NS)no1. The van der Waals surface area contributed by atoms with Gasteiger partial charge in [-0.25, -0.2) is 0 Å². The lowest BCUT2D eigenvalue weighted by Gasteiger charge is -2.17. The minimum atomic E-state index is -0.346. The van der Waals surface area contributed by atoms with Crippen LogP contribution < -0.4 is 4.72 Å². The Kier molecular flexibility index (Phi) is 2.20. The molecule has 0 saturated carbocycles. The maximum atomic E-state index is 4.82. The fourth-order valence-electron chi connectivity index (χ4n) is 0.603. The summed E-state index contributed by atoms with van der Waals surface area (Å²) in [5.41, 5.74) is -0.346. The van der Waals surface area contributed by atoms with Crippen molar-refractivity contribution in [1.29, 1.82) is 0 Å². The van der Waals surface area contributed by atoms with E-state index in [1.807, 2.05) is 13.8 Å². The summed E-state index contributed by atoms with van der Waals surface area (Å²) < 4.78 is 7.60. The molecule has 11 heavy (non-hydrogen) atoms. The topological polar surface area (TPSA) is 51.0 Å². The Hall–Kier alpha value is -0.550. The second-order valence-electron chi connectivity index (χ2n) is 2.87. The van der Waals surface area contributed by atoms with Crippen LogP contribution in [0.5, 0.6) is 0 Å². The van der Waals surface area contributed by atoms with Crippen molar-refractivity contribution in [3.8, 4) is 0 Å². The molecule has 0 aliphatic heterocycles. The summed E-state index contributed by atoms with van der Waals surface area (Å²) in [7, 11) is 0. The highest BCUT2D eigenvalue weighted by Crippen LogP contribution is 2.16. The number of aromatic nitrogens is 2. The average Bonchev–Trinajstić information content (AvgIpc) is 2.36. The summed E-state index contributed by atoms with van der Waals surface area (Å²) in [4.78, 5) is 4.06. The molecule has 0 unspecified atom stereocenters. The van der Waals surface area contributed by atoms with Crippen LogP contribution in [0.4, 0.5) is 0 Å². The van der Waals surface area contributed by atoms with Crippen LogP contribution in [0.25, 0.3) is 0 Å². The average molecular weight is 173 g/mol. The van der Waals surface area contributed by atoms with Crippen LogP contribution in [0.1, 0.15) is 25.6 Å². The Morgan fingerprint density at radius 3 is 2.55 bits per heavy atom. The first-order valence-corrected chi connectivity index (χ1v) is 3.73. The molecule has 0 saturated heterocycles. The molecule has 62 valence electrons. The lowest BCUT2D eigenvalue weighted by atomic mass is 10.1. The fraction of sp³-hybridized carbons (Fsp3) is 0.667. The highest BCUT2D eigenvalue weighted by molar-refractivity contribution is 7.78. The Morgan fingerprint density at radius 1 is 1.55 bits per heavy atom. The molecule has 5 heteroatoms. The van der Waals surface area contributed by atoms with Crippen LogP contribution >= 0.6 is 12.8 Å². The molecule has 0 aliphatic carbocycles. The van der Waals surface area contributed by atoms with Crippen molar-refractivity contribution in [1.82, 2.24) is 14.9 Å². The molecule has 1 aromatic heterocycles. The van der Waals surface area contributed by atoms with Gasteiger partial charge in [-0.2, -0.15) is 4.98 Å². The van der Waals surface area contributed by atoms with Crippen LogP contribution in [0.15, 0.2) is 4.52 Å². The minimum absolute atomic E-state index is 0.346. The van der Waals surface area contributed by atoms with Gasteiger partial charge in [-0.05, 0) is 13.8 Å². The van der Waals surface area contributed by atoms with Gasteiger partial charge in [0.25, 0.3) is 0 Å². The van der Waals surface area contributed by atoms with Crippen molar-refractivity contribution in [2.75, 3.05) is 0 Å². The molecule has 1 N–H and O–H groups in total. The molecule has 0 fully saturated rings. The van der Waals surface area contributed by atoms with Gasteiger partial charge in [0.2, 0.25) is 5.89 Å². The predicted octanol–water partition coefficient (Wildman–Crippen LogP) is 1.05. The van der Waals surface area contributed by atoms with Crippen molar-refractivity contribution < 1.29 is 4.52 Å². The quantitative estimate of drug-likeness (QED) is 0.656. The number of nitrogens with one attached hydrogen (secondary N) is 1. The van der Waals surface area contributed by atoms with Gasteiger partial charge in [0.1, 0.15) is 0 Å². The first-order chi connectivity index (χ1) is 5.06. The van der Waals surface area contributed by atoms with Crippen molar-refractivity contribution in [3.05, 3.63) is 11.7 Å². The molecule has 0 spiro atoms. The molecule has 0 amide bonds. The van der Waals surface area contributed by atoms with Gasteiger partial charge < -0.3 is 4.52 Å². The van der Waals surface area contributed by atoms with E-state index in [2.05, 4.69) is 27.7 Å². The second kappa shape index (κ2) is 2.83. The third-order valence-electron chi connectivity index (χ3n) is 1.37. The zero-order chi connectivity index (χ0) is 8.48. The summed E-state index contributed by atoms with van der Waals surface area (Å²) in [5.74, 6) is 1.18. The molecular weight excluding hydrogens is 162 g/mol. The standard InChI is InChI=1S/C6H11N3OS/c1-4-7-5(8-10-4)6(2,3)9-11/h9,11H,1-3H3. The number of aryl methyl sites for hydroxylation is 1. The normalized spacial score (nSPS) is 12.0. The largest absolute Gasteiger partial charge is 0.340 e. The third-order valence-corrected chi connectivity index (χ3v) is 1.93. The maximum Gasteiger partial charge on any atom is 0.223 e. The van der Waals surface area contributed by atoms with Crippen LogP contribution in [0, 0.1) is 6.92 Å². The molecule has 1 heterocycles. The van der Waals surface area contributed by atoms with E-state index in [-0.39, 0.29) is 5.54 Å². The summed E-state index contributed by atoms with van der Waals surface area (Å²) in [6, 6.07) is 0. The number of hydrogen-bond donors (Lipinski definition) is 2. The number of rotatable bonds is 2. The highest BCUT2D eigenvalue weighted by Gasteiger charge is 2.23. The van der Waals surface area contributed by atoms with E-state index in [1.165, 1.54) is 0 Å². The van der Waals surface area contributed by atoms with E-state index in [9.17, 15) is 0 Å². The van der Waals surface area contributed by atoms with E-state index in [1.54, 1.807) is 6.92 Å². The molecule has 1 aromatic rings. The Balaban J connectivity index is 2.92. The van der Waals surface area contributed by atoms with Gasteiger partial charge in [0.15, 0.2) is 5.82 Å². The summed E-state index contributed by atoms with van der Waals surface area (Å²) in [6.45, 7) is 5.60. The molecule has 0 aliphatic rings. The highest BCUT2D eigenvalue weighted by atomic mass is 32.1. The molecule has 0 aromatic carbocycles. The molecule has 0 radical (unpaired) electrons. The first kappa shape index (κ1) is 8.55. The first-order valence-electron chi connectivity index (χ1n) is 3.28. The number of thiol groups is 1. The van der Waals surface area contributed by atoms with Crippen LogP contribution in [0.2, 0.25) is 0 Å². The van der Waals surface area contributed by atoms with E-state index in [4.69, 9.17) is 4.52 Å². The molecule has 0 atom stereocenters. The molecule has 1 rings (SSSR count). The van der Waals surface area contributed by atoms with Crippen molar-refractivity contribution >= 4 is 12.8 Å². The predicted molar refractivity (Wildman–Crippen MR) is 44.2 cm³/mol. The monoisotopic (exact) mass is 173 g/mol. The lowest BCUT2D eigenvalue weighted by molar-refractivity contribution is 0.366.